The number of hydrogen-bond acceptors (Lipinski definition) is 5. The third-order valence-electron chi connectivity index (χ3n) is 4.31. The van der Waals surface area contributed by atoms with Crippen molar-refractivity contribution < 1.29 is 14.3 Å². The molecule has 3 rings (SSSR count). The SMILES string of the molecule is Cc1ccc(C)c(Oc2ccc(CNC(=O)c3ccccc3SCC(N)=O)cn2)c1. The summed E-state index contributed by atoms with van der Waals surface area (Å²) in [5, 5.41) is 2.88. The van der Waals surface area contributed by atoms with Gasteiger partial charge in [-0.1, -0.05) is 30.3 Å². The van der Waals surface area contributed by atoms with Crippen LogP contribution in [-0.4, -0.2) is 22.6 Å². The number of thioether (sulfide) groups is 1. The van der Waals surface area contributed by atoms with Crippen molar-refractivity contribution in [1.82, 2.24) is 10.3 Å². The molecule has 0 bridgehead atoms. The predicted molar refractivity (Wildman–Crippen MR) is 118 cm³/mol. The highest BCUT2D eigenvalue weighted by molar-refractivity contribution is 8.00. The lowest BCUT2D eigenvalue weighted by atomic mass is 10.1. The molecule has 7 heteroatoms. The summed E-state index contributed by atoms with van der Waals surface area (Å²) in [7, 11) is 0. The Morgan fingerprint density at radius 3 is 2.63 bits per heavy atom. The van der Waals surface area contributed by atoms with Gasteiger partial charge in [-0.15, -0.1) is 11.8 Å². The van der Waals surface area contributed by atoms with Gasteiger partial charge in [0.2, 0.25) is 11.8 Å². The fourth-order valence-electron chi connectivity index (χ4n) is 2.71. The van der Waals surface area contributed by atoms with Crippen molar-refractivity contribution in [2.24, 2.45) is 5.73 Å². The molecule has 6 nitrogen and oxygen atoms in total. The maximum absolute atomic E-state index is 12.6. The number of nitrogens with two attached hydrogens (primary N) is 1. The summed E-state index contributed by atoms with van der Waals surface area (Å²) in [4.78, 5) is 28.6. The van der Waals surface area contributed by atoms with Gasteiger partial charge in [-0.2, -0.15) is 0 Å². The predicted octanol–water partition coefficient (Wildman–Crippen LogP) is 4.00. The van der Waals surface area contributed by atoms with Gasteiger partial charge in [0.05, 0.1) is 11.3 Å². The molecule has 1 heterocycles. The Morgan fingerprint density at radius 1 is 1.10 bits per heavy atom. The molecule has 0 fully saturated rings. The van der Waals surface area contributed by atoms with Crippen LogP contribution in [0.2, 0.25) is 0 Å². The molecule has 0 radical (unpaired) electrons. The third kappa shape index (κ3) is 5.84. The standard InChI is InChI=1S/C23H23N3O3S/c1-15-7-8-16(2)19(11-15)29-22-10-9-17(12-25-22)13-26-23(28)18-5-3-4-6-20(18)30-14-21(24)27/h3-12H,13-14H2,1-2H3,(H2,24,27)(H,26,28). The first-order chi connectivity index (χ1) is 14.4. The second-order valence-corrected chi connectivity index (χ2v) is 7.83. The Morgan fingerprint density at radius 2 is 1.90 bits per heavy atom. The number of ether oxygens (including phenoxy) is 1. The number of nitrogens with one attached hydrogen (secondary N) is 1. The van der Waals surface area contributed by atoms with Crippen molar-refractivity contribution in [3.63, 3.8) is 0 Å². The van der Waals surface area contributed by atoms with E-state index in [9.17, 15) is 9.59 Å². The number of carbonyl (C=O) groups excluding carboxylic acids is 2. The molecule has 0 aliphatic heterocycles. The molecule has 154 valence electrons. The van der Waals surface area contributed by atoms with E-state index in [2.05, 4.69) is 10.3 Å². The number of benzene rings is 2. The molecule has 1 aromatic heterocycles. The molecule has 3 aromatic rings. The molecular formula is C23H23N3O3S. The Kier molecular flexibility index (Phi) is 7.08. The van der Waals surface area contributed by atoms with E-state index in [0.29, 0.717) is 22.9 Å². The number of carbonyl (C=O) groups is 2. The van der Waals surface area contributed by atoms with E-state index >= 15 is 0 Å². The Bertz CT molecular complexity index is 1050. The van der Waals surface area contributed by atoms with Gasteiger partial charge >= 0.3 is 0 Å². The molecule has 0 saturated heterocycles. The molecule has 0 spiro atoms. The average Bonchev–Trinajstić information content (AvgIpc) is 2.74. The van der Waals surface area contributed by atoms with Crippen molar-refractivity contribution in [2.75, 3.05) is 5.75 Å². The molecule has 2 aromatic carbocycles. The van der Waals surface area contributed by atoms with Crippen LogP contribution in [0.15, 0.2) is 65.7 Å². The Labute approximate surface area is 179 Å². The van der Waals surface area contributed by atoms with Crippen LogP contribution in [0, 0.1) is 13.8 Å². The second kappa shape index (κ2) is 9.93. The first kappa shape index (κ1) is 21.4. The number of aromatic nitrogens is 1. The number of aryl methyl sites for hydroxylation is 2. The van der Waals surface area contributed by atoms with E-state index in [1.165, 1.54) is 11.8 Å². The average molecular weight is 422 g/mol. The summed E-state index contributed by atoms with van der Waals surface area (Å²) in [6.45, 7) is 4.32. The zero-order valence-electron chi connectivity index (χ0n) is 16.8. The monoisotopic (exact) mass is 421 g/mol. The highest BCUT2D eigenvalue weighted by atomic mass is 32.2. The van der Waals surface area contributed by atoms with Crippen LogP contribution in [-0.2, 0) is 11.3 Å². The lowest BCUT2D eigenvalue weighted by molar-refractivity contribution is -0.115. The summed E-state index contributed by atoms with van der Waals surface area (Å²) >= 11 is 1.25. The van der Waals surface area contributed by atoms with E-state index in [1.807, 2.05) is 44.2 Å². The Hall–Kier alpha value is -3.32. The smallest absolute Gasteiger partial charge is 0.252 e. The van der Waals surface area contributed by atoms with Gasteiger partial charge in [0, 0.05) is 23.7 Å². The molecule has 2 amide bonds. The molecule has 0 unspecified atom stereocenters. The van der Waals surface area contributed by atoms with Crippen molar-refractivity contribution in [3.8, 4) is 11.6 Å². The summed E-state index contributed by atoms with van der Waals surface area (Å²) < 4.78 is 5.86. The van der Waals surface area contributed by atoms with Gasteiger partial charge in [-0.3, -0.25) is 9.59 Å². The highest BCUT2D eigenvalue weighted by Gasteiger charge is 2.12. The first-order valence-electron chi connectivity index (χ1n) is 9.41. The number of amides is 2. The molecule has 30 heavy (non-hydrogen) atoms. The normalized spacial score (nSPS) is 10.5. The summed E-state index contributed by atoms with van der Waals surface area (Å²) in [5.41, 5.74) is 8.70. The number of rotatable bonds is 8. The fourth-order valence-corrected chi connectivity index (χ4v) is 3.50. The van der Waals surface area contributed by atoms with Crippen molar-refractivity contribution in [1.29, 1.82) is 0 Å². The first-order valence-corrected chi connectivity index (χ1v) is 10.4. The highest BCUT2D eigenvalue weighted by Crippen LogP contribution is 2.25. The van der Waals surface area contributed by atoms with E-state index in [0.717, 1.165) is 22.4 Å². The topological polar surface area (TPSA) is 94.3 Å². The fraction of sp³-hybridized carbons (Fsp3) is 0.174. The van der Waals surface area contributed by atoms with E-state index in [4.69, 9.17) is 10.5 Å². The van der Waals surface area contributed by atoms with Crippen LogP contribution in [0.25, 0.3) is 0 Å². The minimum Gasteiger partial charge on any atom is -0.439 e. The van der Waals surface area contributed by atoms with E-state index in [-0.39, 0.29) is 11.7 Å². The van der Waals surface area contributed by atoms with Gasteiger partial charge in [0.25, 0.3) is 5.91 Å². The summed E-state index contributed by atoms with van der Waals surface area (Å²) in [5.74, 6) is 0.735. The van der Waals surface area contributed by atoms with E-state index < -0.39 is 5.91 Å². The largest absolute Gasteiger partial charge is 0.439 e. The van der Waals surface area contributed by atoms with Crippen LogP contribution in [0.1, 0.15) is 27.0 Å². The minimum absolute atomic E-state index is 0.121. The van der Waals surface area contributed by atoms with Gasteiger partial charge in [0.15, 0.2) is 0 Å². The second-order valence-electron chi connectivity index (χ2n) is 6.81. The number of primary amides is 1. The molecule has 0 aliphatic carbocycles. The van der Waals surface area contributed by atoms with Crippen LogP contribution in [0.4, 0.5) is 0 Å². The van der Waals surface area contributed by atoms with Crippen LogP contribution in [0.5, 0.6) is 11.6 Å². The maximum Gasteiger partial charge on any atom is 0.252 e. The minimum atomic E-state index is -0.426. The lowest BCUT2D eigenvalue weighted by Gasteiger charge is -2.11. The lowest BCUT2D eigenvalue weighted by Crippen LogP contribution is -2.23. The number of pyridine rings is 1. The third-order valence-corrected chi connectivity index (χ3v) is 5.41. The van der Waals surface area contributed by atoms with Crippen molar-refractivity contribution in [2.45, 2.75) is 25.3 Å². The summed E-state index contributed by atoms with van der Waals surface area (Å²) in [6, 6.07) is 16.8. The van der Waals surface area contributed by atoms with Crippen molar-refractivity contribution >= 4 is 23.6 Å². The summed E-state index contributed by atoms with van der Waals surface area (Å²) in [6.07, 6.45) is 1.68. The molecule has 0 aliphatic rings. The van der Waals surface area contributed by atoms with Gasteiger partial charge in [-0.05, 0) is 48.7 Å². The molecule has 0 atom stereocenters. The Balaban J connectivity index is 1.61. The molecule has 3 N–H and O–H groups in total. The van der Waals surface area contributed by atoms with E-state index in [1.54, 1.807) is 30.5 Å². The quantitative estimate of drug-likeness (QED) is 0.536. The molecular weight excluding hydrogens is 398 g/mol. The zero-order chi connectivity index (χ0) is 21.5. The van der Waals surface area contributed by atoms with Crippen molar-refractivity contribution in [3.05, 3.63) is 83.0 Å². The zero-order valence-corrected chi connectivity index (χ0v) is 17.7. The van der Waals surface area contributed by atoms with Gasteiger partial charge in [0.1, 0.15) is 5.75 Å². The van der Waals surface area contributed by atoms with Gasteiger partial charge in [-0.25, -0.2) is 4.98 Å². The van der Waals surface area contributed by atoms with Crippen LogP contribution < -0.4 is 15.8 Å². The number of hydrogen-bond donors (Lipinski definition) is 2. The van der Waals surface area contributed by atoms with Crippen LogP contribution in [0.3, 0.4) is 0 Å². The van der Waals surface area contributed by atoms with Crippen LogP contribution >= 0.6 is 11.8 Å². The molecule has 0 saturated carbocycles. The van der Waals surface area contributed by atoms with Gasteiger partial charge < -0.3 is 15.8 Å². The maximum atomic E-state index is 12.6. The number of nitrogens with zero attached hydrogens (tertiary/aromatic N) is 1.